The molecule has 4 heterocycles. The molecule has 0 atom stereocenters. The summed E-state index contributed by atoms with van der Waals surface area (Å²) >= 11 is 0. The van der Waals surface area contributed by atoms with E-state index in [1.165, 1.54) is 30.6 Å². The van der Waals surface area contributed by atoms with E-state index in [0.717, 1.165) is 24.8 Å². The van der Waals surface area contributed by atoms with Crippen LogP contribution in [0, 0.1) is 18.8 Å². The van der Waals surface area contributed by atoms with Gasteiger partial charge in [-0.1, -0.05) is 25.8 Å². The minimum absolute atomic E-state index is 0.0562. The fourth-order valence-electron chi connectivity index (χ4n) is 4.35. The van der Waals surface area contributed by atoms with Crippen molar-refractivity contribution in [3.63, 3.8) is 0 Å². The summed E-state index contributed by atoms with van der Waals surface area (Å²) in [6.45, 7) is 9.08. The lowest BCUT2D eigenvalue weighted by Crippen LogP contribution is -2.44. The van der Waals surface area contributed by atoms with Crippen LogP contribution in [0.4, 0.5) is 18.9 Å². The molecule has 0 saturated carbocycles. The largest absolute Gasteiger partial charge is 0.416 e. The molecule has 1 aliphatic heterocycles. The van der Waals surface area contributed by atoms with Crippen molar-refractivity contribution in [3.8, 4) is 11.8 Å². The summed E-state index contributed by atoms with van der Waals surface area (Å²) in [5, 5.41) is 2.57. The monoisotopic (exact) mass is 563 g/mol. The SMILES string of the molecule is CC.Cc1cn2c(C#Cc3cncc(C(=O)Nc4ccc(CN5CCN(C)CC5)c(C(F)(F)F)c4)c3)cnc2cn1. The van der Waals surface area contributed by atoms with E-state index in [0.29, 0.717) is 30.0 Å². The Balaban J connectivity index is 0.00000189. The molecular formula is C30H32F3N7O. The molecule has 1 amide bonds. The number of likely N-dealkylation sites (N-methyl/N-ethyl adjacent to an activating group) is 1. The Hall–Kier alpha value is -4.27. The molecule has 3 aromatic heterocycles. The number of halogens is 3. The molecule has 0 aliphatic carbocycles. The lowest BCUT2D eigenvalue weighted by Gasteiger charge is -2.33. The smallest absolute Gasteiger partial charge is 0.322 e. The number of amides is 1. The molecular weight excluding hydrogens is 531 g/mol. The molecule has 0 bridgehead atoms. The van der Waals surface area contributed by atoms with Crippen molar-refractivity contribution < 1.29 is 18.0 Å². The number of imidazole rings is 1. The zero-order chi connectivity index (χ0) is 29.6. The van der Waals surface area contributed by atoms with Gasteiger partial charge < -0.3 is 10.2 Å². The number of hydrogen-bond acceptors (Lipinski definition) is 6. The Labute approximate surface area is 237 Å². The van der Waals surface area contributed by atoms with E-state index >= 15 is 0 Å². The predicted molar refractivity (Wildman–Crippen MR) is 151 cm³/mol. The number of carbonyl (C=O) groups excluding carboxylic acids is 1. The number of alkyl halides is 3. The number of rotatable bonds is 4. The van der Waals surface area contributed by atoms with Gasteiger partial charge in [0.15, 0.2) is 5.65 Å². The number of pyridine rings is 1. The van der Waals surface area contributed by atoms with Crippen molar-refractivity contribution in [2.75, 3.05) is 38.5 Å². The minimum atomic E-state index is -4.55. The third-order valence-corrected chi connectivity index (χ3v) is 6.52. The standard InChI is InChI=1S/C28H26F3N7O.C2H6/c1-19-17-38-24(15-34-26(38)16-33-19)6-3-20-11-22(14-32-13-20)27(39)35-23-5-4-21(25(12-23)28(29,30)31)18-37-9-7-36(2)8-10-37;1-2/h4-5,11-17H,7-10,18H2,1-2H3,(H,35,39);1-2H3. The molecule has 8 nitrogen and oxygen atoms in total. The van der Waals surface area contributed by atoms with Gasteiger partial charge in [-0.05, 0) is 43.7 Å². The van der Waals surface area contributed by atoms with Gasteiger partial charge in [0.2, 0.25) is 0 Å². The second kappa shape index (κ2) is 12.9. The van der Waals surface area contributed by atoms with E-state index < -0.39 is 17.6 Å². The highest BCUT2D eigenvalue weighted by Crippen LogP contribution is 2.34. The fraction of sp³-hybridized carbons (Fsp3) is 0.333. The zero-order valence-corrected chi connectivity index (χ0v) is 23.5. The molecule has 5 rings (SSSR count). The van der Waals surface area contributed by atoms with Crippen molar-refractivity contribution >= 4 is 17.2 Å². The van der Waals surface area contributed by atoms with Gasteiger partial charge in [-0.25, -0.2) is 4.98 Å². The van der Waals surface area contributed by atoms with E-state index in [2.05, 4.69) is 37.0 Å². The lowest BCUT2D eigenvalue weighted by molar-refractivity contribution is -0.138. The van der Waals surface area contributed by atoms with E-state index in [1.54, 1.807) is 12.4 Å². The third-order valence-electron chi connectivity index (χ3n) is 6.52. The first-order valence-corrected chi connectivity index (χ1v) is 13.3. The maximum absolute atomic E-state index is 13.9. The van der Waals surface area contributed by atoms with Gasteiger partial charge in [0.25, 0.3) is 5.91 Å². The fourth-order valence-corrected chi connectivity index (χ4v) is 4.35. The molecule has 1 N–H and O–H groups in total. The van der Waals surface area contributed by atoms with Crippen LogP contribution in [0.25, 0.3) is 5.65 Å². The van der Waals surface area contributed by atoms with E-state index in [9.17, 15) is 18.0 Å². The number of nitrogens with one attached hydrogen (secondary N) is 1. The normalized spacial score (nSPS) is 14.1. The topological polar surface area (TPSA) is 78.7 Å². The number of benzene rings is 1. The number of aryl methyl sites for hydroxylation is 1. The number of fused-ring (bicyclic) bond motifs is 1. The van der Waals surface area contributed by atoms with E-state index in [1.807, 2.05) is 43.3 Å². The highest BCUT2D eigenvalue weighted by atomic mass is 19.4. The summed E-state index contributed by atoms with van der Waals surface area (Å²) in [4.78, 5) is 29.6. The molecule has 214 valence electrons. The van der Waals surface area contributed by atoms with Crippen LogP contribution >= 0.6 is 0 Å². The van der Waals surface area contributed by atoms with Crippen LogP contribution in [-0.4, -0.2) is 68.3 Å². The third kappa shape index (κ3) is 7.48. The van der Waals surface area contributed by atoms with Crippen molar-refractivity contribution in [1.29, 1.82) is 0 Å². The van der Waals surface area contributed by atoms with Gasteiger partial charge in [0.1, 0.15) is 5.69 Å². The first-order valence-electron chi connectivity index (χ1n) is 13.3. The van der Waals surface area contributed by atoms with Crippen LogP contribution in [0.5, 0.6) is 0 Å². The lowest BCUT2D eigenvalue weighted by atomic mass is 10.0. The first-order chi connectivity index (χ1) is 19.7. The molecule has 41 heavy (non-hydrogen) atoms. The van der Waals surface area contributed by atoms with Gasteiger partial charge >= 0.3 is 6.18 Å². The van der Waals surface area contributed by atoms with Crippen molar-refractivity contribution in [3.05, 3.63) is 88.9 Å². The average Bonchev–Trinajstić information content (AvgIpc) is 3.36. The van der Waals surface area contributed by atoms with Crippen LogP contribution in [0.3, 0.4) is 0 Å². The van der Waals surface area contributed by atoms with Gasteiger partial charge in [0.05, 0.1) is 29.2 Å². The second-order valence-electron chi connectivity index (χ2n) is 9.52. The Morgan fingerprint density at radius 2 is 1.76 bits per heavy atom. The zero-order valence-electron chi connectivity index (χ0n) is 23.5. The van der Waals surface area contributed by atoms with E-state index in [4.69, 9.17) is 0 Å². The highest BCUT2D eigenvalue weighted by molar-refractivity contribution is 6.04. The van der Waals surface area contributed by atoms with Crippen LogP contribution in [0.15, 0.2) is 55.2 Å². The first kappa shape index (κ1) is 29.7. The molecule has 0 radical (unpaired) electrons. The maximum Gasteiger partial charge on any atom is 0.416 e. The van der Waals surface area contributed by atoms with Crippen molar-refractivity contribution in [2.45, 2.75) is 33.5 Å². The summed E-state index contributed by atoms with van der Waals surface area (Å²) in [6.07, 6.45) is 3.40. The summed E-state index contributed by atoms with van der Waals surface area (Å²) < 4.78 is 43.5. The highest BCUT2D eigenvalue weighted by Gasteiger charge is 2.34. The summed E-state index contributed by atoms with van der Waals surface area (Å²) in [5.74, 6) is 5.40. The number of hydrogen-bond donors (Lipinski definition) is 1. The van der Waals surface area contributed by atoms with Crippen molar-refractivity contribution in [1.82, 2.24) is 29.2 Å². The number of carbonyl (C=O) groups is 1. The van der Waals surface area contributed by atoms with Crippen LogP contribution in [-0.2, 0) is 12.7 Å². The molecule has 1 fully saturated rings. The Morgan fingerprint density at radius 3 is 2.49 bits per heavy atom. The van der Waals surface area contributed by atoms with Crippen LogP contribution in [0.2, 0.25) is 0 Å². The van der Waals surface area contributed by atoms with Crippen LogP contribution < -0.4 is 5.32 Å². The predicted octanol–water partition coefficient (Wildman–Crippen LogP) is 4.88. The Kier molecular flexibility index (Phi) is 9.37. The Morgan fingerprint density at radius 1 is 1.00 bits per heavy atom. The second-order valence-corrected chi connectivity index (χ2v) is 9.52. The van der Waals surface area contributed by atoms with Gasteiger partial charge in [-0.2, -0.15) is 13.2 Å². The molecule has 1 aliphatic rings. The molecule has 1 saturated heterocycles. The van der Waals surface area contributed by atoms with Crippen molar-refractivity contribution in [2.24, 2.45) is 0 Å². The summed E-state index contributed by atoms with van der Waals surface area (Å²) in [6, 6.07) is 5.46. The average molecular weight is 564 g/mol. The molecule has 4 aromatic rings. The molecule has 1 aromatic carbocycles. The van der Waals surface area contributed by atoms with Crippen LogP contribution in [0.1, 0.15) is 52.3 Å². The molecule has 0 spiro atoms. The summed E-state index contributed by atoms with van der Waals surface area (Å²) in [7, 11) is 1.99. The molecule has 11 heteroatoms. The Bertz CT molecular complexity index is 1580. The minimum Gasteiger partial charge on any atom is -0.322 e. The molecule has 0 unspecified atom stereocenters. The number of aromatic nitrogens is 4. The van der Waals surface area contributed by atoms with E-state index in [-0.39, 0.29) is 23.4 Å². The van der Waals surface area contributed by atoms with Gasteiger partial charge in [0, 0.05) is 62.6 Å². The quantitative estimate of drug-likeness (QED) is 0.357. The maximum atomic E-state index is 13.9. The number of nitrogens with zero attached hydrogens (tertiary/aromatic N) is 6. The van der Waals surface area contributed by atoms with Gasteiger partial charge in [-0.3, -0.25) is 24.1 Å². The summed E-state index contributed by atoms with van der Waals surface area (Å²) in [5.41, 5.74) is 2.24. The number of piperazine rings is 1. The van der Waals surface area contributed by atoms with Gasteiger partial charge in [-0.15, -0.1) is 0 Å². The number of anilines is 1.